The first-order chi connectivity index (χ1) is 17.2. The van der Waals surface area contributed by atoms with Gasteiger partial charge in [-0.25, -0.2) is 8.42 Å². The molecule has 1 N–H and O–H groups in total. The number of anilines is 1. The fraction of sp³-hybridized carbons (Fsp3) is 0.345. The third-order valence-electron chi connectivity index (χ3n) is 6.92. The number of benzene rings is 3. The summed E-state index contributed by atoms with van der Waals surface area (Å²) in [5, 5.41) is 2.84. The standard InChI is InChI=1S/C29H34N2O4S/c1-4-29(2,3)23-11-15-25(16-12-23)35-26-17-13-24(14-18-26)30-28(32)22-9-8-10-27(21-22)36(33,34)31-19-6-5-7-20-31/h8-18,21H,4-7,19-20H2,1-3H3,(H,30,32). The first-order valence-electron chi connectivity index (χ1n) is 12.5. The Kier molecular flexibility index (Phi) is 7.81. The average Bonchev–Trinajstić information content (AvgIpc) is 2.90. The van der Waals surface area contributed by atoms with Crippen molar-refractivity contribution < 1.29 is 17.9 Å². The summed E-state index contributed by atoms with van der Waals surface area (Å²) in [6.45, 7) is 7.67. The molecule has 190 valence electrons. The molecule has 0 atom stereocenters. The van der Waals surface area contributed by atoms with Crippen molar-refractivity contribution in [2.75, 3.05) is 18.4 Å². The molecule has 3 aromatic carbocycles. The van der Waals surface area contributed by atoms with Gasteiger partial charge in [-0.15, -0.1) is 0 Å². The minimum atomic E-state index is -3.60. The first kappa shape index (κ1) is 25.9. The van der Waals surface area contributed by atoms with Crippen LogP contribution in [-0.2, 0) is 15.4 Å². The van der Waals surface area contributed by atoms with Crippen molar-refractivity contribution >= 4 is 21.6 Å². The van der Waals surface area contributed by atoms with Gasteiger partial charge in [0.1, 0.15) is 11.5 Å². The summed E-state index contributed by atoms with van der Waals surface area (Å²) in [4.78, 5) is 13.0. The van der Waals surface area contributed by atoms with Crippen LogP contribution in [0.1, 0.15) is 62.4 Å². The molecule has 0 radical (unpaired) electrons. The maximum absolute atomic E-state index is 13.0. The Balaban J connectivity index is 1.40. The Hall–Kier alpha value is -3.16. The molecule has 1 amide bonds. The van der Waals surface area contributed by atoms with Crippen molar-refractivity contribution in [2.45, 2.75) is 56.8 Å². The average molecular weight is 507 g/mol. The van der Waals surface area contributed by atoms with Crippen LogP contribution in [0.25, 0.3) is 0 Å². The minimum Gasteiger partial charge on any atom is -0.457 e. The van der Waals surface area contributed by atoms with E-state index in [4.69, 9.17) is 4.74 Å². The molecule has 1 aliphatic rings. The zero-order chi connectivity index (χ0) is 25.8. The van der Waals surface area contributed by atoms with Gasteiger partial charge in [0.15, 0.2) is 0 Å². The summed E-state index contributed by atoms with van der Waals surface area (Å²) in [6.07, 6.45) is 3.82. The topological polar surface area (TPSA) is 75.7 Å². The highest BCUT2D eigenvalue weighted by atomic mass is 32.2. The predicted molar refractivity (Wildman–Crippen MR) is 143 cm³/mol. The van der Waals surface area contributed by atoms with Gasteiger partial charge in [-0.1, -0.05) is 45.4 Å². The molecule has 0 aliphatic carbocycles. The number of ether oxygens (including phenoxy) is 1. The number of piperidine rings is 1. The predicted octanol–water partition coefficient (Wildman–Crippen LogP) is 6.59. The Bertz CT molecular complexity index is 1290. The second-order valence-corrected chi connectivity index (χ2v) is 11.8. The molecular formula is C29H34N2O4S. The van der Waals surface area contributed by atoms with Gasteiger partial charge in [-0.05, 0) is 84.8 Å². The fourth-order valence-corrected chi connectivity index (χ4v) is 5.74. The Morgan fingerprint density at radius 1 is 0.917 bits per heavy atom. The van der Waals surface area contributed by atoms with E-state index in [9.17, 15) is 13.2 Å². The van der Waals surface area contributed by atoms with Crippen LogP contribution < -0.4 is 10.1 Å². The number of hydrogen-bond donors (Lipinski definition) is 1. The van der Waals surface area contributed by atoms with Crippen molar-refractivity contribution in [3.63, 3.8) is 0 Å². The monoisotopic (exact) mass is 506 g/mol. The highest BCUT2D eigenvalue weighted by molar-refractivity contribution is 7.89. The van der Waals surface area contributed by atoms with E-state index in [1.165, 1.54) is 15.9 Å². The van der Waals surface area contributed by atoms with Crippen molar-refractivity contribution in [1.82, 2.24) is 4.31 Å². The second-order valence-electron chi connectivity index (χ2n) is 9.83. The lowest BCUT2D eigenvalue weighted by Gasteiger charge is -2.26. The van der Waals surface area contributed by atoms with E-state index in [0.717, 1.165) is 31.4 Å². The van der Waals surface area contributed by atoms with Crippen LogP contribution in [0.4, 0.5) is 5.69 Å². The zero-order valence-corrected chi connectivity index (χ0v) is 22.0. The van der Waals surface area contributed by atoms with Gasteiger partial charge in [0.25, 0.3) is 5.91 Å². The van der Waals surface area contributed by atoms with Gasteiger partial charge in [0.2, 0.25) is 10.0 Å². The lowest BCUT2D eigenvalue weighted by Crippen LogP contribution is -2.35. The number of amides is 1. The van der Waals surface area contributed by atoms with E-state index in [0.29, 0.717) is 30.1 Å². The number of carbonyl (C=O) groups excluding carboxylic acids is 1. The minimum absolute atomic E-state index is 0.121. The Labute approximate surface area is 214 Å². The van der Waals surface area contributed by atoms with Gasteiger partial charge in [-0.3, -0.25) is 4.79 Å². The number of carbonyl (C=O) groups is 1. The quantitative estimate of drug-likeness (QED) is 0.374. The van der Waals surface area contributed by atoms with Crippen molar-refractivity contribution in [3.8, 4) is 11.5 Å². The number of nitrogens with one attached hydrogen (secondary N) is 1. The van der Waals surface area contributed by atoms with Crippen LogP contribution in [0.15, 0.2) is 77.7 Å². The van der Waals surface area contributed by atoms with E-state index in [2.05, 4.69) is 38.2 Å². The highest BCUT2D eigenvalue weighted by Gasteiger charge is 2.26. The molecule has 1 saturated heterocycles. The van der Waals surface area contributed by atoms with E-state index in [-0.39, 0.29) is 16.2 Å². The lowest BCUT2D eigenvalue weighted by molar-refractivity contribution is 0.102. The van der Waals surface area contributed by atoms with Crippen LogP contribution in [-0.4, -0.2) is 31.7 Å². The summed E-state index contributed by atoms with van der Waals surface area (Å²) < 4.78 is 33.4. The van der Waals surface area contributed by atoms with Gasteiger partial charge in [0, 0.05) is 24.3 Å². The third-order valence-corrected chi connectivity index (χ3v) is 8.81. The smallest absolute Gasteiger partial charge is 0.255 e. The van der Waals surface area contributed by atoms with Crippen molar-refractivity contribution in [2.24, 2.45) is 0 Å². The number of hydrogen-bond acceptors (Lipinski definition) is 4. The van der Waals surface area contributed by atoms with Crippen molar-refractivity contribution in [1.29, 1.82) is 0 Å². The Morgan fingerprint density at radius 3 is 2.14 bits per heavy atom. The molecule has 6 nitrogen and oxygen atoms in total. The molecule has 4 rings (SSSR count). The number of rotatable bonds is 8. The molecule has 0 bridgehead atoms. The van der Waals surface area contributed by atoms with Crippen LogP contribution >= 0.6 is 0 Å². The van der Waals surface area contributed by atoms with Crippen LogP contribution in [0.3, 0.4) is 0 Å². The van der Waals surface area contributed by atoms with Gasteiger partial charge >= 0.3 is 0 Å². The van der Waals surface area contributed by atoms with Gasteiger partial charge in [0.05, 0.1) is 4.90 Å². The normalized spacial score (nSPS) is 14.9. The molecule has 0 saturated carbocycles. The SMILES string of the molecule is CCC(C)(C)c1ccc(Oc2ccc(NC(=O)c3cccc(S(=O)(=O)N4CCCCC4)c3)cc2)cc1. The zero-order valence-electron chi connectivity index (χ0n) is 21.2. The van der Waals surface area contributed by atoms with E-state index < -0.39 is 10.0 Å². The van der Waals surface area contributed by atoms with E-state index in [1.807, 2.05) is 12.1 Å². The van der Waals surface area contributed by atoms with Crippen molar-refractivity contribution in [3.05, 3.63) is 83.9 Å². The molecule has 1 aliphatic heterocycles. The maximum atomic E-state index is 13.0. The molecule has 0 spiro atoms. The summed E-state index contributed by atoms with van der Waals surface area (Å²) in [7, 11) is -3.60. The van der Waals surface area contributed by atoms with Gasteiger partial charge < -0.3 is 10.1 Å². The summed E-state index contributed by atoms with van der Waals surface area (Å²) >= 11 is 0. The molecule has 1 fully saturated rings. The molecule has 0 aromatic heterocycles. The Morgan fingerprint density at radius 2 is 1.53 bits per heavy atom. The third kappa shape index (κ3) is 5.97. The van der Waals surface area contributed by atoms with Crippen LogP contribution in [0, 0.1) is 0 Å². The number of sulfonamides is 1. The molecule has 1 heterocycles. The largest absolute Gasteiger partial charge is 0.457 e. The first-order valence-corrected chi connectivity index (χ1v) is 13.9. The number of nitrogens with zero attached hydrogens (tertiary/aromatic N) is 1. The highest BCUT2D eigenvalue weighted by Crippen LogP contribution is 2.30. The lowest BCUT2D eigenvalue weighted by atomic mass is 9.82. The van der Waals surface area contributed by atoms with Gasteiger partial charge in [-0.2, -0.15) is 4.31 Å². The van der Waals surface area contributed by atoms with E-state index >= 15 is 0 Å². The van der Waals surface area contributed by atoms with E-state index in [1.54, 1.807) is 42.5 Å². The second kappa shape index (κ2) is 10.8. The molecule has 36 heavy (non-hydrogen) atoms. The molecular weight excluding hydrogens is 472 g/mol. The molecule has 7 heteroatoms. The summed E-state index contributed by atoms with van der Waals surface area (Å²) in [6, 6.07) is 21.4. The van der Waals surface area contributed by atoms with Crippen LogP contribution in [0.5, 0.6) is 11.5 Å². The summed E-state index contributed by atoms with van der Waals surface area (Å²) in [5.41, 5.74) is 2.28. The fourth-order valence-electron chi connectivity index (χ4n) is 4.18. The molecule has 0 unspecified atom stereocenters. The molecule has 3 aromatic rings. The van der Waals surface area contributed by atoms with Crippen LogP contribution in [0.2, 0.25) is 0 Å². The summed E-state index contributed by atoms with van der Waals surface area (Å²) in [5.74, 6) is 1.03. The maximum Gasteiger partial charge on any atom is 0.255 e.